The number of carboxylic acid groups (broad SMARTS) is 2. The quantitative estimate of drug-likeness (QED) is 0.659. The molecule has 0 heterocycles. The molecule has 0 aromatic heterocycles. The Hall–Kier alpha value is -1.59. The van der Waals surface area contributed by atoms with Gasteiger partial charge in [0.2, 0.25) is 0 Å². The Morgan fingerprint density at radius 2 is 1.87 bits per heavy atom. The number of amides is 2. The van der Waals surface area contributed by atoms with Crippen LogP contribution in [0.4, 0.5) is 9.59 Å². The number of nitrogens with zero attached hydrogens (tertiary/aromatic N) is 1. The fourth-order valence-corrected chi connectivity index (χ4v) is 1.32. The highest BCUT2D eigenvalue weighted by Crippen LogP contribution is 2.12. The largest absolute Gasteiger partial charge is 0.465 e. The average molecular weight is 217 g/mol. The van der Waals surface area contributed by atoms with Crippen LogP contribution >= 0.6 is 0 Å². The maximum Gasteiger partial charge on any atom is 0.416 e. The summed E-state index contributed by atoms with van der Waals surface area (Å²) in [7, 11) is 0. The van der Waals surface area contributed by atoms with Crippen LogP contribution in [-0.4, -0.2) is 40.1 Å². The lowest BCUT2D eigenvalue weighted by Crippen LogP contribution is -2.38. The number of carbonyl (C=O) groups is 3. The van der Waals surface area contributed by atoms with Crippen LogP contribution in [0.15, 0.2) is 0 Å². The lowest BCUT2D eigenvalue weighted by Gasteiger charge is -2.19. The van der Waals surface area contributed by atoms with E-state index in [1.165, 1.54) is 0 Å². The van der Waals surface area contributed by atoms with Gasteiger partial charge in [-0.25, -0.2) is 14.5 Å². The molecule has 0 radical (unpaired) electrons. The molecule has 1 atom stereocenters. The van der Waals surface area contributed by atoms with Crippen molar-refractivity contribution >= 4 is 18.5 Å². The van der Waals surface area contributed by atoms with Crippen molar-refractivity contribution in [1.29, 1.82) is 0 Å². The Labute approximate surface area is 87.5 Å². The Balaban J connectivity index is 4.38. The molecule has 0 saturated heterocycles. The summed E-state index contributed by atoms with van der Waals surface area (Å²) in [5.74, 6) is -0.223. The van der Waals surface area contributed by atoms with Gasteiger partial charge in [-0.15, -0.1) is 0 Å². The molecular weight excluding hydrogens is 202 g/mol. The van der Waals surface area contributed by atoms with E-state index in [1.54, 1.807) is 0 Å². The minimum atomic E-state index is -1.51. The van der Waals surface area contributed by atoms with Crippen LogP contribution in [0.5, 0.6) is 0 Å². The lowest BCUT2D eigenvalue weighted by atomic mass is 10.0. The van der Waals surface area contributed by atoms with Gasteiger partial charge in [-0.2, -0.15) is 0 Å². The second-order valence-corrected chi connectivity index (χ2v) is 3.23. The van der Waals surface area contributed by atoms with E-state index >= 15 is 0 Å². The molecule has 0 fully saturated rings. The molecule has 0 saturated carbocycles. The Morgan fingerprint density at radius 3 is 2.20 bits per heavy atom. The molecule has 0 aromatic carbocycles. The van der Waals surface area contributed by atoms with E-state index in [4.69, 9.17) is 10.2 Å². The highest BCUT2D eigenvalue weighted by molar-refractivity contribution is 5.85. The molecular formula is C9H15NO5. The molecule has 2 amide bonds. The zero-order valence-corrected chi connectivity index (χ0v) is 8.55. The zero-order valence-electron chi connectivity index (χ0n) is 8.55. The standard InChI is InChI=1S/C9H15NO5/c1-2-3-7(4-5-11)6-10(8(12)13)9(14)15/h5,7H,2-4,6H2,1H3,(H,12,13)(H,14,15)/t7-/m1/s1. The number of imide groups is 1. The number of rotatable bonds is 6. The van der Waals surface area contributed by atoms with Crippen molar-refractivity contribution in [3.05, 3.63) is 0 Å². The first-order chi connectivity index (χ1) is 7.02. The molecule has 6 nitrogen and oxygen atoms in total. The fourth-order valence-electron chi connectivity index (χ4n) is 1.32. The molecule has 0 unspecified atom stereocenters. The third-order valence-corrected chi connectivity index (χ3v) is 2.03. The first kappa shape index (κ1) is 13.4. The number of hydrogen-bond donors (Lipinski definition) is 2. The minimum Gasteiger partial charge on any atom is -0.465 e. The van der Waals surface area contributed by atoms with Gasteiger partial charge in [-0.05, 0) is 12.3 Å². The van der Waals surface area contributed by atoms with Gasteiger partial charge in [0.25, 0.3) is 0 Å². The predicted molar refractivity (Wildman–Crippen MR) is 51.8 cm³/mol. The third-order valence-electron chi connectivity index (χ3n) is 2.03. The van der Waals surface area contributed by atoms with Gasteiger partial charge in [-0.1, -0.05) is 13.3 Å². The summed E-state index contributed by atoms with van der Waals surface area (Å²) in [5, 5.41) is 17.2. The summed E-state index contributed by atoms with van der Waals surface area (Å²) >= 11 is 0. The smallest absolute Gasteiger partial charge is 0.416 e. The average Bonchev–Trinajstić information content (AvgIpc) is 2.13. The molecule has 2 N–H and O–H groups in total. The van der Waals surface area contributed by atoms with Crippen molar-refractivity contribution in [2.45, 2.75) is 26.2 Å². The molecule has 0 aromatic rings. The van der Waals surface area contributed by atoms with Crippen LogP contribution in [0.1, 0.15) is 26.2 Å². The number of hydrogen-bond acceptors (Lipinski definition) is 3. The van der Waals surface area contributed by atoms with Gasteiger partial charge < -0.3 is 15.0 Å². The van der Waals surface area contributed by atoms with Crippen molar-refractivity contribution < 1.29 is 24.6 Å². The molecule has 0 spiro atoms. The number of carbonyl (C=O) groups excluding carboxylic acids is 1. The summed E-state index contributed by atoms with van der Waals surface area (Å²) in [6.07, 6.45) is -0.724. The van der Waals surface area contributed by atoms with Crippen LogP contribution in [-0.2, 0) is 4.79 Å². The first-order valence-corrected chi connectivity index (χ1v) is 4.69. The Morgan fingerprint density at radius 1 is 1.33 bits per heavy atom. The molecule has 15 heavy (non-hydrogen) atoms. The molecule has 6 heteroatoms. The summed E-state index contributed by atoms with van der Waals surface area (Å²) in [6, 6.07) is 0. The predicted octanol–water partition coefficient (Wildman–Crippen LogP) is 1.65. The van der Waals surface area contributed by atoms with Crippen molar-refractivity contribution in [3.63, 3.8) is 0 Å². The topological polar surface area (TPSA) is 94.9 Å². The van der Waals surface area contributed by atoms with E-state index in [0.29, 0.717) is 17.6 Å². The van der Waals surface area contributed by atoms with E-state index in [9.17, 15) is 14.4 Å². The van der Waals surface area contributed by atoms with E-state index in [-0.39, 0.29) is 18.9 Å². The van der Waals surface area contributed by atoms with Crippen LogP contribution in [0, 0.1) is 5.92 Å². The molecule has 0 rings (SSSR count). The van der Waals surface area contributed by atoms with Crippen molar-refractivity contribution in [1.82, 2.24) is 4.90 Å². The van der Waals surface area contributed by atoms with Gasteiger partial charge in [0.15, 0.2) is 0 Å². The van der Waals surface area contributed by atoms with Gasteiger partial charge in [-0.3, -0.25) is 0 Å². The van der Waals surface area contributed by atoms with Crippen LogP contribution in [0.2, 0.25) is 0 Å². The molecule has 0 aliphatic heterocycles. The summed E-state index contributed by atoms with van der Waals surface area (Å²) < 4.78 is 0. The summed E-state index contributed by atoms with van der Waals surface area (Å²) in [6.45, 7) is 1.75. The van der Waals surface area contributed by atoms with E-state index < -0.39 is 12.2 Å². The Bertz CT molecular complexity index is 227. The van der Waals surface area contributed by atoms with E-state index in [2.05, 4.69) is 0 Å². The van der Waals surface area contributed by atoms with Gasteiger partial charge in [0, 0.05) is 13.0 Å². The fraction of sp³-hybridized carbons (Fsp3) is 0.667. The minimum absolute atomic E-state index is 0.142. The highest BCUT2D eigenvalue weighted by Gasteiger charge is 2.23. The van der Waals surface area contributed by atoms with Gasteiger partial charge in [0.05, 0.1) is 0 Å². The third kappa shape index (κ3) is 4.99. The first-order valence-electron chi connectivity index (χ1n) is 4.69. The van der Waals surface area contributed by atoms with Crippen LogP contribution in [0.3, 0.4) is 0 Å². The zero-order chi connectivity index (χ0) is 11.8. The summed E-state index contributed by atoms with van der Waals surface area (Å²) in [4.78, 5) is 31.7. The monoisotopic (exact) mass is 217 g/mol. The summed E-state index contributed by atoms with van der Waals surface area (Å²) in [5.41, 5.74) is 0. The maximum absolute atomic E-state index is 10.5. The molecule has 86 valence electrons. The Kier molecular flexibility index (Phi) is 6.08. The van der Waals surface area contributed by atoms with E-state index in [1.807, 2.05) is 6.92 Å². The van der Waals surface area contributed by atoms with E-state index in [0.717, 1.165) is 6.42 Å². The van der Waals surface area contributed by atoms with Crippen molar-refractivity contribution in [2.24, 2.45) is 5.92 Å². The molecule has 0 aliphatic carbocycles. The van der Waals surface area contributed by atoms with Crippen molar-refractivity contribution in [2.75, 3.05) is 6.54 Å². The second-order valence-electron chi connectivity index (χ2n) is 3.23. The number of aldehydes is 1. The van der Waals surface area contributed by atoms with Crippen molar-refractivity contribution in [3.8, 4) is 0 Å². The highest BCUT2D eigenvalue weighted by atomic mass is 16.4. The van der Waals surface area contributed by atoms with Gasteiger partial charge in [0.1, 0.15) is 6.29 Å². The maximum atomic E-state index is 10.5. The second kappa shape index (κ2) is 6.80. The normalized spacial score (nSPS) is 11.8. The molecule has 0 bridgehead atoms. The van der Waals surface area contributed by atoms with Crippen LogP contribution < -0.4 is 0 Å². The SMILES string of the molecule is CCC[C@H](CC=O)CN(C(=O)O)C(=O)O. The molecule has 0 aliphatic rings. The lowest BCUT2D eigenvalue weighted by molar-refractivity contribution is -0.108. The van der Waals surface area contributed by atoms with Gasteiger partial charge >= 0.3 is 12.2 Å². The van der Waals surface area contributed by atoms with Crippen LogP contribution in [0.25, 0.3) is 0 Å².